The summed E-state index contributed by atoms with van der Waals surface area (Å²) in [5.41, 5.74) is 5.64. The first-order valence-electron chi connectivity index (χ1n) is 6.50. The first kappa shape index (κ1) is 15.9. The molecule has 1 aromatic rings. The van der Waals surface area contributed by atoms with Gasteiger partial charge in [-0.15, -0.1) is 0 Å². The Morgan fingerprint density at radius 2 is 1.37 bits per heavy atom. The molecule has 2 nitrogen and oxygen atoms in total. The van der Waals surface area contributed by atoms with Gasteiger partial charge in [0.15, 0.2) is 0 Å². The van der Waals surface area contributed by atoms with Crippen molar-refractivity contribution in [1.29, 1.82) is 0 Å². The highest BCUT2D eigenvalue weighted by molar-refractivity contribution is 6.90. The van der Waals surface area contributed by atoms with Gasteiger partial charge >= 0.3 is 0 Å². The third kappa shape index (κ3) is 2.73. The Morgan fingerprint density at radius 3 is 1.63 bits per heavy atom. The molecule has 19 heavy (non-hydrogen) atoms. The number of halogens is 1. The van der Waals surface area contributed by atoms with Gasteiger partial charge in [-0.3, -0.25) is 4.79 Å². The highest BCUT2D eigenvalue weighted by atomic mass is 28.4. The van der Waals surface area contributed by atoms with Crippen LogP contribution in [0.1, 0.15) is 51.9 Å². The quantitative estimate of drug-likeness (QED) is 0.654. The molecule has 0 aliphatic rings. The maximum Gasteiger partial charge on any atom is 0.288 e. The summed E-state index contributed by atoms with van der Waals surface area (Å²) >= 11 is 0. The lowest BCUT2D eigenvalue weighted by Crippen LogP contribution is -2.57. The summed E-state index contributed by atoms with van der Waals surface area (Å²) in [6, 6.07) is 6.69. The van der Waals surface area contributed by atoms with Crippen LogP contribution in [0.5, 0.6) is 0 Å². The average Bonchev–Trinajstić information content (AvgIpc) is 2.25. The van der Waals surface area contributed by atoms with Gasteiger partial charge in [0.05, 0.1) is 0 Å². The Labute approximate surface area is 116 Å². The van der Waals surface area contributed by atoms with Crippen LogP contribution in [-0.2, 0) is 0 Å². The maximum atomic E-state index is 15.9. The van der Waals surface area contributed by atoms with E-state index >= 15 is 4.11 Å². The molecule has 0 aromatic heterocycles. The molecular weight excluding hydrogens is 257 g/mol. The van der Waals surface area contributed by atoms with Crippen LogP contribution in [0.15, 0.2) is 24.3 Å². The van der Waals surface area contributed by atoms with E-state index in [1.807, 2.05) is 41.5 Å². The molecule has 0 fully saturated rings. The standard InChI is InChI=1S/C15H24FNOSi/c1-14(2,3)19(16,15(4,5)6)12-9-7-11(8-10-12)13(17)18/h7-10H,1-6H3,(H2,17,18). The zero-order valence-corrected chi connectivity index (χ0v) is 13.7. The second-order valence-electron chi connectivity index (χ2n) is 7.10. The van der Waals surface area contributed by atoms with Crippen molar-refractivity contribution in [1.82, 2.24) is 0 Å². The van der Waals surface area contributed by atoms with Crippen LogP contribution in [-0.4, -0.2) is 14.3 Å². The monoisotopic (exact) mass is 281 g/mol. The third-order valence-corrected chi connectivity index (χ3v) is 8.90. The minimum atomic E-state index is -3.24. The summed E-state index contributed by atoms with van der Waals surface area (Å²) in [4.78, 5) is 11.1. The molecule has 106 valence electrons. The van der Waals surface area contributed by atoms with E-state index in [2.05, 4.69) is 0 Å². The van der Waals surface area contributed by atoms with Gasteiger partial charge in [-0.2, -0.15) is 0 Å². The molecule has 1 aromatic carbocycles. The maximum absolute atomic E-state index is 15.9. The molecule has 0 saturated carbocycles. The smallest absolute Gasteiger partial charge is 0.288 e. The van der Waals surface area contributed by atoms with E-state index < -0.39 is 24.4 Å². The number of carbonyl (C=O) groups excluding carboxylic acids is 1. The summed E-state index contributed by atoms with van der Waals surface area (Å²) in [6.45, 7) is 11.7. The first-order valence-corrected chi connectivity index (χ1v) is 8.38. The second-order valence-corrected chi connectivity index (χ2v) is 12.0. The van der Waals surface area contributed by atoms with Crippen molar-refractivity contribution in [3.8, 4) is 0 Å². The van der Waals surface area contributed by atoms with E-state index in [0.29, 0.717) is 5.56 Å². The van der Waals surface area contributed by atoms with Crippen molar-refractivity contribution in [3.63, 3.8) is 0 Å². The van der Waals surface area contributed by atoms with Crippen LogP contribution >= 0.6 is 0 Å². The SMILES string of the molecule is CC(C)(C)[Si](F)(c1ccc(C(N)=O)cc1)C(C)(C)C. The van der Waals surface area contributed by atoms with Crippen molar-refractivity contribution in [3.05, 3.63) is 29.8 Å². The summed E-state index contributed by atoms with van der Waals surface area (Å²) in [7, 11) is -3.24. The van der Waals surface area contributed by atoms with Gasteiger partial charge < -0.3 is 9.84 Å². The number of benzene rings is 1. The van der Waals surface area contributed by atoms with Crippen LogP contribution < -0.4 is 10.9 Å². The van der Waals surface area contributed by atoms with Gasteiger partial charge in [-0.05, 0) is 27.4 Å². The van der Waals surface area contributed by atoms with E-state index in [9.17, 15) is 4.79 Å². The molecule has 0 atom stereocenters. The minimum absolute atomic E-state index is 0.417. The van der Waals surface area contributed by atoms with Crippen LogP contribution in [0.3, 0.4) is 0 Å². The Kier molecular flexibility index (Phi) is 3.97. The van der Waals surface area contributed by atoms with Crippen molar-refractivity contribution >= 4 is 19.5 Å². The van der Waals surface area contributed by atoms with Crippen LogP contribution in [0.25, 0.3) is 0 Å². The van der Waals surface area contributed by atoms with Gasteiger partial charge in [0.1, 0.15) is 0 Å². The molecule has 0 unspecified atom stereocenters. The molecule has 0 heterocycles. The lowest BCUT2D eigenvalue weighted by molar-refractivity contribution is 0.100. The highest BCUT2D eigenvalue weighted by Crippen LogP contribution is 2.51. The second kappa shape index (κ2) is 4.74. The van der Waals surface area contributed by atoms with Gasteiger partial charge in [0.25, 0.3) is 8.41 Å². The number of amides is 1. The van der Waals surface area contributed by atoms with Gasteiger partial charge in [0.2, 0.25) is 5.91 Å². The molecule has 0 radical (unpaired) electrons. The molecule has 0 spiro atoms. The third-order valence-electron chi connectivity index (χ3n) is 3.63. The molecular formula is C15H24FNOSi. The van der Waals surface area contributed by atoms with Gasteiger partial charge in [-0.1, -0.05) is 53.7 Å². The van der Waals surface area contributed by atoms with Crippen LogP contribution in [0.4, 0.5) is 4.11 Å². The summed E-state index contributed by atoms with van der Waals surface area (Å²) in [6.07, 6.45) is 0. The van der Waals surface area contributed by atoms with Crippen molar-refractivity contribution in [2.24, 2.45) is 5.73 Å². The van der Waals surface area contributed by atoms with E-state index in [4.69, 9.17) is 5.73 Å². The Morgan fingerprint density at radius 1 is 1.00 bits per heavy atom. The molecule has 2 N–H and O–H groups in total. The zero-order valence-electron chi connectivity index (χ0n) is 12.7. The summed E-state index contributed by atoms with van der Waals surface area (Å²) in [5, 5.41) is -0.114. The largest absolute Gasteiger partial charge is 0.366 e. The van der Waals surface area contributed by atoms with Crippen molar-refractivity contribution in [2.75, 3.05) is 0 Å². The molecule has 0 aliphatic heterocycles. The van der Waals surface area contributed by atoms with Crippen LogP contribution in [0.2, 0.25) is 10.1 Å². The Bertz CT molecular complexity index is 454. The molecule has 1 amide bonds. The number of hydrogen-bond acceptors (Lipinski definition) is 1. The molecule has 0 aliphatic carbocycles. The van der Waals surface area contributed by atoms with Gasteiger partial charge in [-0.25, -0.2) is 0 Å². The Balaban J connectivity index is 3.40. The fourth-order valence-corrected chi connectivity index (χ4v) is 7.46. The lowest BCUT2D eigenvalue weighted by Gasteiger charge is -2.44. The van der Waals surface area contributed by atoms with Crippen molar-refractivity contribution < 1.29 is 8.90 Å². The van der Waals surface area contributed by atoms with Crippen LogP contribution in [0, 0.1) is 0 Å². The summed E-state index contributed by atoms with van der Waals surface area (Å²) in [5.74, 6) is -0.482. The number of nitrogens with two attached hydrogens (primary N) is 1. The number of primary amides is 1. The Hall–Kier alpha value is -1.16. The first-order chi connectivity index (χ1) is 8.41. The lowest BCUT2D eigenvalue weighted by atomic mass is 10.2. The van der Waals surface area contributed by atoms with E-state index in [-0.39, 0.29) is 0 Å². The average molecular weight is 281 g/mol. The van der Waals surface area contributed by atoms with E-state index in [1.54, 1.807) is 24.3 Å². The number of rotatable bonds is 2. The topological polar surface area (TPSA) is 43.1 Å². The fourth-order valence-electron chi connectivity index (χ4n) is 2.86. The predicted octanol–water partition coefficient (Wildman–Crippen LogP) is 3.51. The van der Waals surface area contributed by atoms with Crippen molar-refractivity contribution in [2.45, 2.75) is 51.6 Å². The summed E-state index contributed by atoms with van der Waals surface area (Å²) < 4.78 is 15.9. The zero-order chi connectivity index (χ0) is 15.1. The highest BCUT2D eigenvalue weighted by Gasteiger charge is 2.56. The molecule has 0 saturated heterocycles. The van der Waals surface area contributed by atoms with E-state index in [0.717, 1.165) is 5.19 Å². The van der Waals surface area contributed by atoms with Gasteiger partial charge in [0, 0.05) is 5.56 Å². The molecule has 4 heteroatoms. The number of carbonyl (C=O) groups is 1. The van der Waals surface area contributed by atoms with E-state index in [1.165, 1.54) is 0 Å². The molecule has 0 bridgehead atoms. The fraction of sp³-hybridized carbons (Fsp3) is 0.533. The molecule has 1 rings (SSSR count). The minimum Gasteiger partial charge on any atom is -0.366 e. The predicted molar refractivity (Wildman–Crippen MR) is 80.9 cm³/mol. The number of hydrogen-bond donors (Lipinski definition) is 1. The normalized spacial score (nSPS) is 13.4.